The molecule has 0 bridgehead atoms. The fraction of sp³-hybridized carbons (Fsp3) is 0.353. The van der Waals surface area contributed by atoms with Crippen molar-refractivity contribution in [2.45, 2.75) is 32.2 Å². The lowest BCUT2D eigenvalue weighted by atomic mass is 9.91. The smallest absolute Gasteiger partial charge is 0.430 e. The predicted molar refractivity (Wildman–Crippen MR) is 89.2 cm³/mol. The molecule has 10 heteroatoms. The van der Waals surface area contributed by atoms with Crippen LogP contribution in [-0.2, 0) is 26.5 Å². The van der Waals surface area contributed by atoms with Gasteiger partial charge in [0.2, 0.25) is 0 Å². The van der Waals surface area contributed by atoms with Crippen molar-refractivity contribution in [3.8, 4) is 0 Å². The van der Waals surface area contributed by atoms with Crippen LogP contribution in [0.2, 0.25) is 0 Å². The number of hydrogen-bond donors (Lipinski definition) is 2. The Kier molecular flexibility index (Phi) is 5.59. The van der Waals surface area contributed by atoms with Crippen molar-refractivity contribution in [2.24, 2.45) is 0 Å². The average Bonchev–Trinajstić information content (AvgIpc) is 2.82. The van der Waals surface area contributed by atoms with Crippen molar-refractivity contribution >= 4 is 17.6 Å². The number of carboxylic acids is 1. The zero-order chi connectivity index (χ0) is 20.4. The van der Waals surface area contributed by atoms with Gasteiger partial charge in [-0.25, -0.2) is 0 Å². The zero-order valence-corrected chi connectivity index (χ0v) is 14.8. The molecule has 0 spiro atoms. The van der Waals surface area contributed by atoms with Crippen LogP contribution in [-0.4, -0.2) is 40.0 Å². The Labute approximate surface area is 152 Å². The first-order chi connectivity index (χ1) is 12.5. The Morgan fingerprint density at radius 1 is 1.22 bits per heavy atom. The zero-order valence-electron chi connectivity index (χ0n) is 14.8. The minimum Gasteiger partial charge on any atom is -0.480 e. The van der Waals surface area contributed by atoms with Crippen molar-refractivity contribution < 1.29 is 32.6 Å². The standard InChI is InChI=1S/C17H18F3N3O4/c1-10-14(11(2)23(22-10)9-13(24)25)21-15(26)16(27-3,17(18,19)20)12-7-5-4-6-8-12/h4-8H,9H2,1-3H3,(H,21,26)(H,24,25)/t16-/m0/s1. The Morgan fingerprint density at radius 3 is 2.30 bits per heavy atom. The van der Waals surface area contributed by atoms with Crippen molar-refractivity contribution in [1.82, 2.24) is 9.78 Å². The summed E-state index contributed by atoms with van der Waals surface area (Å²) >= 11 is 0. The van der Waals surface area contributed by atoms with Crippen molar-refractivity contribution in [3.05, 3.63) is 47.3 Å². The Morgan fingerprint density at radius 2 is 1.81 bits per heavy atom. The van der Waals surface area contributed by atoms with E-state index in [1.807, 2.05) is 0 Å². The van der Waals surface area contributed by atoms with Crippen LogP contribution in [0.1, 0.15) is 17.0 Å². The van der Waals surface area contributed by atoms with Crippen LogP contribution in [0.5, 0.6) is 0 Å². The van der Waals surface area contributed by atoms with E-state index in [1.54, 1.807) is 0 Å². The van der Waals surface area contributed by atoms with E-state index >= 15 is 0 Å². The molecule has 0 radical (unpaired) electrons. The van der Waals surface area contributed by atoms with Gasteiger partial charge in [-0.3, -0.25) is 14.3 Å². The second kappa shape index (κ2) is 7.39. The number of rotatable bonds is 6. The van der Waals surface area contributed by atoms with Crippen LogP contribution >= 0.6 is 0 Å². The molecule has 1 aromatic heterocycles. The van der Waals surface area contributed by atoms with E-state index in [0.29, 0.717) is 0 Å². The molecule has 0 aliphatic heterocycles. The number of carbonyl (C=O) groups excluding carboxylic acids is 1. The van der Waals surface area contributed by atoms with Gasteiger partial charge in [0.25, 0.3) is 11.5 Å². The van der Waals surface area contributed by atoms with Gasteiger partial charge < -0.3 is 15.2 Å². The van der Waals surface area contributed by atoms with Gasteiger partial charge in [-0.05, 0) is 13.8 Å². The third-order valence-electron chi connectivity index (χ3n) is 4.11. The first kappa shape index (κ1) is 20.4. The maximum absolute atomic E-state index is 13.9. The van der Waals surface area contributed by atoms with Gasteiger partial charge in [0.1, 0.15) is 6.54 Å². The molecule has 0 aliphatic carbocycles. The van der Waals surface area contributed by atoms with E-state index in [4.69, 9.17) is 9.84 Å². The van der Waals surface area contributed by atoms with E-state index in [0.717, 1.165) is 23.9 Å². The minimum absolute atomic E-state index is 0.00264. The predicted octanol–water partition coefficient (Wildman–Crippen LogP) is 2.63. The number of amides is 1. The Hall–Kier alpha value is -2.88. The summed E-state index contributed by atoms with van der Waals surface area (Å²) in [4.78, 5) is 23.6. The molecule has 2 aromatic rings. The summed E-state index contributed by atoms with van der Waals surface area (Å²) in [6.07, 6.45) is -5.05. The van der Waals surface area contributed by atoms with E-state index in [9.17, 15) is 22.8 Å². The molecule has 0 unspecified atom stereocenters. The van der Waals surface area contributed by atoms with Crippen molar-refractivity contribution in [3.63, 3.8) is 0 Å². The number of ether oxygens (including phenoxy) is 1. The Balaban J connectivity index is 2.50. The molecule has 0 aliphatic rings. The van der Waals surface area contributed by atoms with Crippen molar-refractivity contribution in [2.75, 3.05) is 12.4 Å². The van der Waals surface area contributed by atoms with Crippen molar-refractivity contribution in [1.29, 1.82) is 0 Å². The molecule has 0 fully saturated rings. The van der Waals surface area contributed by atoms with Gasteiger partial charge in [0, 0.05) is 12.7 Å². The number of hydrogen-bond acceptors (Lipinski definition) is 4. The second-order valence-electron chi connectivity index (χ2n) is 5.80. The fourth-order valence-corrected chi connectivity index (χ4v) is 2.78. The summed E-state index contributed by atoms with van der Waals surface area (Å²) in [5.74, 6) is -2.63. The third-order valence-corrected chi connectivity index (χ3v) is 4.11. The molecule has 146 valence electrons. The summed E-state index contributed by atoms with van der Waals surface area (Å²) in [5, 5.41) is 15.0. The summed E-state index contributed by atoms with van der Waals surface area (Å²) in [6.45, 7) is 2.41. The molecule has 2 rings (SSSR count). The van der Waals surface area contributed by atoms with Gasteiger partial charge in [-0.1, -0.05) is 30.3 Å². The van der Waals surface area contributed by atoms with Gasteiger partial charge in [0.15, 0.2) is 0 Å². The molecule has 0 saturated carbocycles. The van der Waals surface area contributed by atoms with Gasteiger partial charge >= 0.3 is 12.1 Å². The lowest BCUT2D eigenvalue weighted by Crippen LogP contribution is -2.53. The number of anilines is 1. The highest BCUT2D eigenvalue weighted by Gasteiger charge is 2.62. The van der Waals surface area contributed by atoms with Crippen LogP contribution in [0.3, 0.4) is 0 Å². The maximum Gasteiger partial charge on any atom is 0.430 e. The number of carboxylic acid groups (broad SMARTS) is 1. The second-order valence-corrected chi connectivity index (χ2v) is 5.80. The third kappa shape index (κ3) is 3.65. The largest absolute Gasteiger partial charge is 0.480 e. The number of carbonyl (C=O) groups is 2. The summed E-state index contributed by atoms with van der Waals surface area (Å²) in [5.41, 5.74) is -3.22. The number of alkyl halides is 3. The lowest BCUT2D eigenvalue weighted by molar-refractivity contribution is -0.263. The number of aryl methyl sites for hydroxylation is 1. The lowest BCUT2D eigenvalue weighted by Gasteiger charge is -2.33. The topological polar surface area (TPSA) is 93.5 Å². The van der Waals surface area contributed by atoms with Crippen LogP contribution in [0.25, 0.3) is 0 Å². The molecule has 1 heterocycles. The highest BCUT2D eigenvalue weighted by atomic mass is 19.4. The van der Waals surface area contributed by atoms with Crippen LogP contribution in [0.4, 0.5) is 18.9 Å². The van der Waals surface area contributed by atoms with E-state index in [-0.39, 0.29) is 22.6 Å². The average molecular weight is 385 g/mol. The van der Waals surface area contributed by atoms with Crippen LogP contribution < -0.4 is 5.32 Å². The number of nitrogens with zero attached hydrogens (tertiary/aromatic N) is 2. The molecular weight excluding hydrogens is 367 g/mol. The summed E-state index contributed by atoms with van der Waals surface area (Å²) < 4.78 is 47.5. The molecule has 1 aromatic carbocycles. The number of halogens is 3. The van der Waals surface area contributed by atoms with E-state index in [2.05, 4.69) is 10.4 Å². The van der Waals surface area contributed by atoms with Crippen LogP contribution in [0.15, 0.2) is 30.3 Å². The quantitative estimate of drug-likeness (QED) is 0.797. The summed E-state index contributed by atoms with van der Waals surface area (Å²) in [7, 11) is 0.799. The van der Waals surface area contributed by atoms with E-state index in [1.165, 1.54) is 32.0 Å². The normalized spacial score (nSPS) is 13.9. The molecule has 7 nitrogen and oxygen atoms in total. The number of methoxy groups -OCH3 is 1. The van der Waals surface area contributed by atoms with Gasteiger partial charge in [-0.2, -0.15) is 18.3 Å². The van der Waals surface area contributed by atoms with Crippen LogP contribution in [0, 0.1) is 13.8 Å². The maximum atomic E-state index is 13.9. The number of benzene rings is 1. The highest BCUT2D eigenvalue weighted by molar-refractivity contribution is 5.99. The molecule has 1 atom stereocenters. The first-order valence-corrected chi connectivity index (χ1v) is 7.79. The number of nitrogens with one attached hydrogen (secondary N) is 1. The van der Waals surface area contributed by atoms with E-state index < -0.39 is 30.2 Å². The van der Waals surface area contributed by atoms with Gasteiger partial charge in [-0.15, -0.1) is 0 Å². The fourth-order valence-electron chi connectivity index (χ4n) is 2.78. The molecule has 0 saturated heterocycles. The van der Waals surface area contributed by atoms with Gasteiger partial charge in [0.05, 0.1) is 17.1 Å². The molecular formula is C17H18F3N3O4. The first-order valence-electron chi connectivity index (χ1n) is 7.79. The monoisotopic (exact) mass is 385 g/mol. The highest BCUT2D eigenvalue weighted by Crippen LogP contribution is 2.43. The molecule has 1 amide bonds. The Bertz CT molecular complexity index is 849. The molecule has 2 N–H and O–H groups in total. The summed E-state index contributed by atoms with van der Waals surface area (Å²) in [6, 6.07) is 6.53. The number of aromatic nitrogens is 2. The minimum atomic E-state index is -5.05. The molecule has 27 heavy (non-hydrogen) atoms. The SMILES string of the molecule is CO[C@](C(=O)Nc1c(C)nn(CC(=O)O)c1C)(c1ccccc1)C(F)(F)F. The number of aliphatic carboxylic acids is 1.